The number of piperidine rings is 1. The number of amides is 1. The van der Waals surface area contributed by atoms with Crippen molar-refractivity contribution in [3.05, 3.63) is 89.7 Å². The number of hydrogen-bond acceptors (Lipinski definition) is 5. The third-order valence-electron chi connectivity index (χ3n) is 9.21. The first-order valence-corrected chi connectivity index (χ1v) is 17.0. The Bertz CT molecular complexity index is 1570. The predicted octanol–water partition coefficient (Wildman–Crippen LogP) is 6.95. The van der Waals surface area contributed by atoms with E-state index < -0.39 is 6.04 Å². The second-order valence-electron chi connectivity index (χ2n) is 13.1. The van der Waals surface area contributed by atoms with Crippen molar-refractivity contribution in [2.24, 2.45) is 0 Å². The lowest BCUT2D eigenvalue weighted by atomic mass is 9.93. The summed E-state index contributed by atoms with van der Waals surface area (Å²) in [6.07, 6.45) is 10.1. The molecule has 0 saturated carbocycles. The fourth-order valence-corrected chi connectivity index (χ4v) is 6.74. The number of fused-ring (bicyclic) bond motifs is 2. The Balaban J connectivity index is 1.29. The van der Waals surface area contributed by atoms with E-state index in [2.05, 4.69) is 76.8 Å². The molecule has 6 nitrogen and oxygen atoms in total. The van der Waals surface area contributed by atoms with E-state index in [0.29, 0.717) is 19.3 Å². The van der Waals surface area contributed by atoms with E-state index in [1.807, 2.05) is 37.4 Å². The molecule has 5 rings (SSSR count). The number of carbonyl (C=O) groups is 2. The number of likely N-dealkylation sites (tertiary alicyclic amines) is 1. The highest BCUT2D eigenvalue weighted by molar-refractivity contribution is 5.93. The molecule has 2 N–H and O–H groups in total. The fraction of sp³-hybridized carbons (Fsp3) is 0.462. The zero-order valence-corrected chi connectivity index (χ0v) is 27.4. The molecule has 1 amide bonds. The van der Waals surface area contributed by atoms with Gasteiger partial charge >= 0.3 is 0 Å². The molecule has 4 aromatic rings. The summed E-state index contributed by atoms with van der Waals surface area (Å²) in [5, 5.41) is 11.3. The van der Waals surface area contributed by atoms with Gasteiger partial charge in [-0.3, -0.25) is 14.6 Å². The Kier molecular flexibility index (Phi) is 11.7. The quantitative estimate of drug-likeness (QED) is 0.143. The number of Topliss-reactive ketones (excluding diaryl/α,β-unsaturated/α-hetero) is 1. The maximum atomic E-state index is 13.9. The predicted molar refractivity (Wildman–Crippen MR) is 186 cm³/mol. The number of nitrogens with one attached hydrogen (secondary N) is 2. The first-order valence-electron chi connectivity index (χ1n) is 17.0. The molecule has 2 heterocycles. The number of carbonyl (C=O) groups excluding carboxylic acids is 2. The molecular formula is C39H50N4O2. The molecule has 0 bridgehead atoms. The average molecular weight is 607 g/mol. The van der Waals surface area contributed by atoms with E-state index in [-0.39, 0.29) is 23.8 Å². The highest BCUT2D eigenvalue weighted by atomic mass is 16.2. The van der Waals surface area contributed by atoms with Gasteiger partial charge < -0.3 is 15.5 Å². The second-order valence-corrected chi connectivity index (χ2v) is 13.1. The number of benzene rings is 3. The van der Waals surface area contributed by atoms with Crippen molar-refractivity contribution >= 4 is 33.2 Å². The lowest BCUT2D eigenvalue weighted by Gasteiger charge is -2.27. The van der Waals surface area contributed by atoms with E-state index in [9.17, 15) is 9.59 Å². The molecule has 6 heteroatoms. The molecule has 1 aliphatic rings. The minimum atomic E-state index is -0.597. The zero-order chi connectivity index (χ0) is 31.6. The van der Waals surface area contributed by atoms with Crippen LogP contribution >= 0.6 is 0 Å². The zero-order valence-electron chi connectivity index (χ0n) is 27.4. The molecule has 0 unspecified atom stereocenters. The summed E-state index contributed by atoms with van der Waals surface area (Å²) in [5.41, 5.74) is 3.20. The Hall–Kier alpha value is -3.61. The Morgan fingerprint density at radius 1 is 0.867 bits per heavy atom. The van der Waals surface area contributed by atoms with Gasteiger partial charge in [-0.05, 0) is 92.0 Å². The van der Waals surface area contributed by atoms with Crippen molar-refractivity contribution in [2.45, 2.75) is 96.7 Å². The van der Waals surface area contributed by atoms with Crippen molar-refractivity contribution in [1.82, 2.24) is 20.5 Å². The normalized spacial score (nSPS) is 15.4. The molecule has 3 aromatic carbocycles. The SMILES string of the molecule is Cc1nccc2cc(CCC(=O)[C@H](Cc3cccc4ccccc34)NC(=O)[C@@H](CCCCN3CCCCC3)NC(C)C)ccc12. The highest BCUT2D eigenvalue weighted by Crippen LogP contribution is 2.22. The van der Waals surface area contributed by atoms with Gasteiger partial charge in [0.05, 0.1) is 12.1 Å². The van der Waals surface area contributed by atoms with Crippen LogP contribution in [-0.4, -0.2) is 59.3 Å². The lowest BCUT2D eigenvalue weighted by Crippen LogP contribution is -2.52. The Morgan fingerprint density at radius 2 is 1.67 bits per heavy atom. The minimum Gasteiger partial charge on any atom is -0.345 e. The highest BCUT2D eigenvalue weighted by Gasteiger charge is 2.26. The van der Waals surface area contributed by atoms with Crippen molar-refractivity contribution in [2.75, 3.05) is 19.6 Å². The maximum Gasteiger partial charge on any atom is 0.237 e. The van der Waals surface area contributed by atoms with Crippen LogP contribution in [0.1, 0.15) is 75.6 Å². The van der Waals surface area contributed by atoms with Crippen LogP contribution in [-0.2, 0) is 22.4 Å². The van der Waals surface area contributed by atoms with Gasteiger partial charge in [0.1, 0.15) is 0 Å². The first-order chi connectivity index (χ1) is 21.9. The van der Waals surface area contributed by atoms with Crippen LogP contribution in [0.3, 0.4) is 0 Å². The van der Waals surface area contributed by atoms with E-state index in [0.717, 1.165) is 64.2 Å². The molecule has 0 aliphatic carbocycles. The summed E-state index contributed by atoms with van der Waals surface area (Å²) < 4.78 is 0. The van der Waals surface area contributed by atoms with Gasteiger partial charge in [0, 0.05) is 36.2 Å². The fourth-order valence-electron chi connectivity index (χ4n) is 6.74. The van der Waals surface area contributed by atoms with Crippen molar-refractivity contribution in [1.29, 1.82) is 0 Å². The number of aryl methyl sites for hydroxylation is 2. The Labute approximate surface area is 269 Å². The number of hydrogen-bond donors (Lipinski definition) is 2. The molecule has 1 aromatic heterocycles. The van der Waals surface area contributed by atoms with E-state index in [4.69, 9.17) is 0 Å². The number of pyridine rings is 1. The van der Waals surface area contributed by atoms with Crippen LogP contribution < -0.4 is 10.6 Å². The molecule has 45 heavy (non-hydrogen) atoms. The number of aromatic nitrogens is 1. The number of rotatable bonds is 15. The van der Waals surface area contributed by atoms with Gasteiger partial charge in [0.15, 0.2) is 5.78 Å². The molecule has 2 atom stereocenters. The van der Waals surface area contributed by atoms with Gasteiger partial charge in [0.2, 0.25) is 5.91 Å². The Morgan fingerprint density at radius 3 is 2.49 bits per heavy atom. The molecule has 1 aliphatic heterocycles. The molecule has 1 fully saturated rings. The lowest BCUT2D eigenvalue weighted by molar-refractivity contribution is -0.129. The summed E-state index contributed by atoms with van der Waals surface area (Å²) in [6, 6.07) is 22.1. The molecule has 0 spiro atoms. The number of ketones is 1. The van der Waals surface area contributed by atoms with E-state index >= 15 is 0 Å². The maximum absolute atomic E-state index is 13.9. The molecule has 238 valence electrons. The van der Waals surface area contributed by atoms with Crippen LogP contribution in [0.2, 0.25) is 0 Å². The van der Waals surface area contributed by atoms with Crippen molar-refractivity contribution < 1.29 is 9.59 Å². The molecular weight excluding hydrogens is 556 g/mol. The monoisotopic (exact) mass is 606 g/mol. The summed E-state index contributed by atoms with van der Waals surface area (Å²) in [7, 11) is 0. The van der Waals surface area contributed by atoms with Crippen molar-refractivity contribution in [3.8, 4) is 0 Å². The van der Waals surface area contributed by atoms with Crippen LogP contribution in [0.25, 0.3) is 21.5 Å². The molecule has 0 radical (unpaired) electrons. The van der Waals surface area contributed by atoms with Gasteiger partial charge in [0.25, 0.3) is 0 Å². The van der Waals surface area contributed by atoms with E-state index in [1.165, 1.54) is 32.4 Å². The number of unbranched alkanes of at least 4 members (excludes halogenated alkanes) is 1. The third-order valence-corrected chi connectivity index (χ3v) is 9.21. The number of nitrogens with zero attached hydrogens (tertiary/aromatic N) is 2. The van der Waals surface area contributed by atoms with Crippen LogP contribution in [0, 0.1) is 6.92 Å². The van der Waals surface area contributed by atoms with Gasteiger partial charge in [-0.2, -0.15) is 0 Å². The third kappa shape index (κ3) is 9.21. The van der Waals surface area contributed by atoms with Crippen LogP contribution in [0.15, 0.2) is 72.9 Å². The molecule has 1 saturated heterocycles. The standard InChI is InChI=1S/C39H50N4O2/c1-28(2)41-36(16-7-10-25-43-23-8-4-9-24-43)39(45)42-37(27-32-14-11-13-31-12-5-6-15-35(31)32)38(44)20-18-30-17-19-34-29(3)40-22-21-33(34)26-30/h5-6,11-15,17,19,21-22,26,28,36-37,41H,4,7-10,16,18,20,23-25,27H2,1-3H3,(H,42,45)/t36-,37+/m1/s1. The summed E-state index contributed by atoms with van der Waals surface area (Å²) in [5.74, 6) is -0.00961. The summed E-state index contributed by atoms with van der Waals surface area (Å²) >= 11 is 0. The summed E-state index contributed by atoms with van der Waals surface area (Å²) in [6.45, 7) is 9.66. The smallest absolute Gasteiger partial charge is 0.237 e. The first kappa shape index (κ1) is 32.8. The van der Waals surface area contributed by atoms with Crippen LogP contribution in [0.5, 0.6) is 0 Å². The second kappa shape index (κ2) is 16.1. The van der Waals surface area contributed by atoms with Gasteiger partial charge in [-0.15, -0.1) is 0 Å². The minimum absolute atomic E-state index is 0.0654. The average Bonchev–Trinajstić information content (AvgIpc) is 3.05. The van der Waals surface area contributed by atoms with Crippen LogP contribution in [0.4, 0.5) is 0 Å². The van der Waals surface area contributed by atoms with Gasteiger partial charge in [-0.1, -0.05) is 87.4 Å². The summed E-state index contributed by atoms with van der Waals surface area (Å²) in [4.78, 5) is 34.7. The van der Waals surface area contributed by atoms with Crippen molar-refractivity contribution in [3.63, 3.8) is 0 Å². The topological polar surface area (TPSA) is 74.3 Å². The van der Waals surface area contributed by atoms with E-state index in [1.54, 1.807) is 0 Å². The largest absolute Gasteiger partial charge is 0.345 e. The van der Waals surface area contributed by atoms with Gasteiger partial charge in [-0.25, -0.2) is 0 Å².